The topological polar surface area (TPSA) is 149 Å². The summed E-state index contributed by atoms with van der Waals surface area (Å²) >= 11 is 0. The first kappa shape index (κ1) is 34.8. The van der Waals surface area contributed by atoms with Crippen LogP contribution < -0.4 is 20.1 Å². The Labute approximate surface area is 274 Å². The first-order chi connectivity index (χ1) is 22.1. The molecule has 2 heterocycles. The average Bonchev–Trinajstić information content (AvgIpc) is 3.22. The molecule has 13 nitrogen and oxygen atoms in total. The molecule has 1 unspecified atom stereocenters. The van der Waals surface area contributed by atoms with Crippen molar-refractivity contribution in [1.29, 1.82) is 0 Å². The van der Waals surface area contributed by atoms with E-state index < -0.39 is 41.2 Å². The molecule has 2 N–H and O–H groups in total. The Balaban J connectivity index is 1.34. The molecule has 0 fully saturated rings. The second kappa shape index (κ2) is 14.6. The fourth-order valence-corrected chi connectivity index (χ4v) is 4.49. The molecule has 1 aromatic heterocycles. The van der Waals surface area contributed by atoms with Gasteiger partial charge in [0.15, 0.2) is 12.9 Å². The lowest BCUT2D eigenvalue weighted by Gasteiger charge is -2.26. The Morgan fingerprint density at radius 3 is 2.04 bits per heavy atom. The summed E-state index contributed by atoms with van der Waals surface area (Å²) < 4.78 is 18.3. The summed E-state index contributed by atoms with van der Waals surface area (Å²) in [5, 5.41) is 11.1. The quantitative estimate of drug-likeness (QED) is 0.127. The van der Waals surface area contributed by atoms with Gasteiger partial charge in [-0.15, -0.1) is 5.06 Å². The lowest BCUT2D eigenvalue weighted by atomic mass is 10.1. The van der Waals surface area contributed by atoms with Gasteiger partial charge in [-0.1, -0.05) is 16.8 Å². The molecule has 1 aliphatic rings. The van der Waals surface area contributed by atoms with Crippen LogP contribution in [-0.4, -0.2) is 71.0 Å². The minimum absolute atomic E-state index is 0.191. The first-order valence-electron chi connectivity index (χ1n) is 15.3. The van der Waals surface area contributed by atoms with E-state index >= 15 is 0 Å². The van der Waals surface area contributed by atoms with Crippen LogP contribution in [0.5, 0.6) is 5.75 Å². The van der Waals surface area contributed by atoms with E-state index in [0.29, 0.717) is 36.1 Å². The van der Waals surface area contributed by atoms with Gasteiger partial charge in [-0.25, -0.2) is 14.4 Å². The molecule has 0 radical (unpaired) electrons. The van der Waals surface area contributed by atoms with E-state index in [1.165, 1.54) is 12.1 Å². The Morgan fingerprint density at radius 2 is 1.47 bits per heavy atom. The SMILES string of the molecule is C[n+]1nc(NCCCNC(=O)OC(C)(C)C)ccc1-c1ccc(OCC(ON2C(=O)c3ccccc3C2=O)C(=O)OC(C)(C)C)cc1. The first-order valence-corrected chi connectivity index (χ1v) is 15.3. The van der Waals surface area contributed by atoms with Crippen molar-refractivity contribution in [3.8, 4) is 17.0 Å². The molecule has 0 spiro atoms. The Hall–Kier alpha value is -5.04. The Morgan fingerprint density at radius 1 is 0.851 bits per heavy atom. The highest BCUT2D eigenvalue weighted by atomic mass is 16.7. The van der Waals surface area contributed by atoms with Crippen LogP contribution in [0, 0.1) is 0 Å². The molecule has 250 valence electrons. The molecule has 13 heteroatoms. The van der Waals surface area contributed by atoms with Crippen molar-refractivity contribution < 1.29 is 42.9 Å². The number of esters is 1. The van der Waals surface area contributed by atoms with Crippen molar-refractivity contribution in [3.05, 3.63) is 71.8 Å². The molecule has 2 aromatic carbocycles. The van der Waals surface area contributed by atoms with Crippen LogP contribution in [0.1, 0.15) is 68.7 Å². The molecule has 1 atom stereocenters. The van der Waals surface area contributed by atoms with Crippen molar-refractivity contribution >= 4 is 29.7 Å². The van der Waals surface area contributed by atoms with Crippen LogP contribution >= 0.6 is 0 Å². The zero-order valence-corrected chi connectivity index (χ0v) is 27.8. The van der Waals surface area contributed by atoms with E-state index in [2.05, 4.69) is 15.7 Å². The fourth-order valence-electron chi connectivity index (χ4n) is 4.49. The van der Waals surface area contributed by atoms with Gasteiger partial charge in [0.25, 0.3) is 11.8 Å². The number of fused-ring (bicyclic) bond motifs is 1. The van der Waals surface area contributed by atoms with Crippen LogP contribution in [0.3, 0.4) is 0 Å². The predicted molar refractivity (Wildman–Crippen MR) is 171 cm³/mol. The molecule has 0 bridgehead atoms. The van der Waals surface area contributed by atoms with Crippen LogP contribution in [-0.2, 0) is 26.2 Å². The van der Waals surface area contributed by atoms with Gasteiger partial charge < -0.3 is 24.8 Å². The third-order valence-corrected chi connectivity index (χ3v) is 6.54. The van der Waals surface area contributed by atoms with E-state index in [1.54, 1.807) is 49.7 Å². The summed E-state index contributed by atoms with van der Waals surface area (Å²) in [6.07, 6.45) is -1.15. The molecule has 47 heavy (non-hydrogen) atoms. The van der Waals surface area contributed by atoms with Crippen molar-refractivity contribution in [2.45, 2.75) is 65.3 Å². The van der Waals surface area contributed by atoms with Gasteiger partial charge in [0.05, 0.1) is 11.1 Å². The third kappa shape index (κ3) is 9.72. The number of aromatic nitrogens is 2. The number of anilines is 1. The average molecular weight is 649 g/mol. The Bertz CT molecular complexity index is 1580. The largest absolute Gasteiger partial charge is 0.490 e. The highest BCUT2D eigenvalue weighted by Gasteiger charge is 2.40. The summed E-state index contributed by atoms with van der Waals surface area (Å²) in [6, 6.07) is 17.3. The molecule has 3 amide bonds. The molecular formula is C34H42N5O8+. The zero-order chi connectivity index (χ0) is 34.4. The summed E-state index contributed by atoms with van der Waals surface area (Å²) in [6.45, 7) is 11.3. The number of hydrogen-bond acceptors (Lipinski definition) is 10. The molecule has 3 aromatic rings. The molecule has 0 aliphatic carbocycles. The maximum absolute atomic E-state index is 13.0. The zero-order valence-electron chi connectivity index (χ0n) is 27.8. The number of imide groups is 1. The molecule has 1 aliphatic heterocycles. The van der Waals surface area contributed by atoms with E-state index in [4.69, 9.17) is 19.0 Å². The number of carbonyl (C=O) groups is 4. The number of hydrogen-bond donors (Lipinski definition) is 2. The second-order valence-corrected chi connectivity index (χ2v) is 12.8. The number of carbonyl (C=O) groups excluding carboxylic acids is 4. The summed E-state index contributed by atoms with van der Waals surface area (Å²) in [7, 11) is 1.83. The number of aryl methyl sites for hydroxylation is 1. The van der Waals surface area contributed by atoms with Crippen molar-refractivity contribution in [1.82, 2.24) is 15.5 Å². The second-order valence-electron chi connectivity index (χ2n) is 12.8. The minimum atomic E-state index is -1.40. The molecule has 0 saturated carbocycles. The van der Waals surface area contributed by atoms with Gasteiger partial charge >= 0.3 is 12.1 Å². The number of amides is 3. The van der Waals surface area contributed by atoms with E-state index in [9.17, 15) is 19.2 Å². The van der Waals surface area contributed by atoms with Gasteiger partial charge in [0.1, 0.15) is 23.6 Å². The Kier molecular flexibility index (Phi) is 10.8. The number of rotatable bonds is 12. The summed E-state index contributed by atoms with van der Waals surface area (Å²) in [5.74, 6) is -0.999. The molecule has 4 rings (SSSR count). The standard InChI is InChI=1S/C34H41N5O8/c1-33(2,3)45-31(42)27(47-39-29(40)24-11-8-9-12-25(24)30(39)41)21-44-23-15-13-22(14-16-23)26-17-18-28(37-38(26)7)35-19-10-20-36-32(43)46-34(4,5)6/h8-9,11-18,27H,10,19-21H2,1-7H3,(H-,35,36,37,43)/p+1. The van der Waals surface area contributed by atoms with Crippen LogP contribution in [0.25, 0.3) is 11.3 Å². The molecular weight excluding hydrogens is 606 g/mol. The van der Waals surface area contributed by atoms with Gasteiger partial charge in [-0.05, 0) is 90.4 Å². The minimum Gasteiger partial charge on any atom is -0.490 e. The van der Waals surface area contributed by atoms with Crippen LogP contribution in [0.2, 0.25) is 0 Å². The van der Waals surface area contributed by atoms with Crippen molar-refractivity contribution in [2.24, 2.45) is 7.05 Å². The van der Waals surface area contributed by atoms with Crippen molar-refractivity contribution in [2.75, 3.05) is 25.0 Å². The number of alkyl carbamates (subject to hydrolysis) is 1. The highest BCUT2D eigenvalue weighted by Crippen LogP contribution is 2.25. The normalized spacial score (nSPS) is 13.6. The number of hydroxylamine groups is 2. The van der Waals surface area contributed by atoms with E-state index in [-0.39, 0.29) is 17.7 Å². The van der Waals surface area contributed by atoms with E-state index in [0.717, 1.165) is 11.3 Å². The monoisotopic (exact) mass is 648 g/mol. The van der Waals surface area contributed by atoms with Gasteiger partial charge in [-0.3, -0.25) is 9.59 Å². The lowest BCUT2D eigenvalue weighted by molar-refractivity contribution is -0.719. The summed E-state index contributed by atoms with van der Waals surface area (Å²) in [4.78, 5) is 56.1. The van der Waals surface area contributed by atoms with Crippen molar-refractivity contribution in [3.63, 3.8) is 0 Å². The number of benzene rings is 2. The maximum atomic E-state index is 13.0. The van der Waals surface area contributed by atoms with Crippen LogP contribution in [0.4, 0.5) is 10.6 Å². The fraction of sp³-hybridized carbons (Fsp3) is 0.412. The molecule has 0 saturated heterocycles. The number of ether oxygens (including phenoxy) is 3. The van der Waals surface area contributed by atoms with Gasteiger partial charge in [-0.2, -0.15) is 0 Å². The number of nitrogens with zero attached hydrogens (tertiary/aromatic N) is 3. The van der Waals surface area contributed by atoms with E-state index in [1.807, 2.05) is 52.1 Å². The lowest BCUT2D eigenvalue weighted by Crippen LogP contribution is -2.43. The maximum Gasteiger partial charge on any atom is 0.407 e. The predicted octanol–water partition coefficient (Wildman–Crippen LogP) is 4.22. The van der Waals surface area contributed by atoms with Crippen LogP contribution in [0.15, 0.2) is 60.7 Å². The third-order valence-electron chi connectivity index (χ3n) is 6.54. The number of nitrogens with one attached hydrogen (secondary N) is 2. The summed E-state index contributed by atoms with van der Waals surface area (Å²) in [5.41, 5.74) is 0.714. The van der Waals surface area contributed by atoms with Gasteiger partial charge in [0, 0.05) is 29.8 Å². The van der Waals surface area contributed by atoms with Gasteiger partial charge in [0.2, 0.25) is 11.8 Å². The highest BCUT2D eigenvalue weighted by molar-refractivity contribution is 6.20. The smallest absolute Gasteiger partial charge is 0.407 e.